The van der Waals surface area contributed by atoms with Gasteiger partial charge >= 0.3 is 5.97 Å². The van der Waals surface area contributed by atoms with Crippen molar-refractivity contribution in [2.24, 2.45) is 0 Å². The van der Waals surface area contributed by atoms with Crippen LogP contribution in [0.5, 0.6) is 0 Å². The number of carbonyl (C=O) groups excluding carboxylic acids is 1. The minimum atomic E-state index is -1.49. The molecule has 0 aliphatic carbocycles. The number of aliphatic hydroxyl groups is 1. The number of aromatic carboxylic acids is 1. The van der Waals surface area contributed by atoms with Gasteiger partial charge in [-0.15, -0.1) is 0 Å². The highest BCUT2D eigenvalue weighted by molar-refractivity contribution is 6.03. The van der Waals surface area contributed by atoms with Crippen LogP contribution in [0.2, 0.25) is 0 Å². The van der Waals surface area contributed by atoms with E-state index < -0.39 is 17.4 Å². The summed E-state index contributed by atoms with van der Waals surface area (Å²) in [6.45, 7) is 2.73. The lowest BCUT2D eigenvalue weighted by Crippen LogP contribution is -2.31. The molecule has 0 spiro atoms. The van der Waals surface area contributed by atoms with Gasteiger partial charge in [-0.3, -0.25) is 4.79 Å². The number of ketones is 1. The average Bonchev–Trinajstić information content (AvgIpc) is 2.15. The SMILES string of the molecule is CC(C)(O)C(=O)c1cccc(C(=O)O)c1. The van der Waals surface area contributed by atoms with Crippen molar-refractivity contribution in [2.45, 2.75) is 19.4 Å². The predicted molar refractivity (Wildman–Crippen MR) is 54.0 cm³/mol. The van der Waals surface area contributed by atoms with Crippen molar-refractivity contribution >= 4 is 11.8 Å². The van der Waals surface area contributed by atoms with Crippen LogP contribution in [0.3, 0.4) is 0 Å². The summed E-state index contributed by atoms with van der Waals surface area (Å²) in [4.78, 5) is 22.2. The van der Waals surface area contributed by atoms with Crippen LogP contribution in [-0.4, -0.2) is 27.6 Å². The largest absolute Gasteiger partial charge is 0.478 e. The molecular weight excluding hydrogens is 196 g/mol. The van der Waals surface area contributed by atoms with E-state index in [0.717, 1.165) is 0 Å². The van der Waals surface area contributed by atoms with Crippen LogP contribution in [0, 0.1) is 0 Å². The Hall–Kier alpha value is -1.68. The third-order valence-electron chi connectivity index (χ3n) is 1.93. The van der Waals surface area contributed by atoms with Crippen molar-refractivity contribution < 1.29 is 19.8 Å². The molecule has 0 radical (unpaired) electrons. The number of carbonyl (C=O) groups is 2. The lowest BCUT2D eigenvalue weighted by Gasteiger charge is -2.15. The van der Waals surface area contributed by atoms with Gasteiger partial charge in [0, 0.05) is 5.56 Å². The van der Waals surface area contributed by atoms with Crippen LogP contribution in [0.4, 0.5) is 0 Å². The van der Waals surface area contributed by atoms with Crippen molar-refractivity contribution in [1.29, 1.82) is 0 Å². The van der Waals surface area contributed by atoms with E-state index >= 15 is 0 Å². The molecule has 2 N–H and O–H groups in total. The molecule has 0 heterocycles. The number of rotatable bonds is 3. The van der Waals surface area contributed by atoms with Gasteiger partial charge in [0.2, 0.25) is 0 Å². The summed E-state index contributed by atoms with van der Waals surface area (Å²) in [6, 6.07) is 5.60. The lowest BCUT2D eigenvalue weighted by molar-refractivity contribution is 0.0488. The molecule has 80 valence electrons. The molecule has 1 aromatic rings. The molecule has 0 saturated heterocycles. The van der Waals surface area contributed by atoms with Gasteiger partial charge in [-0.2, -0.15) is 0 Å². The summed E-state index contributed by atoms with van der Waals surface area (Å²) < 4.78 is 0. The zero-order chi connectivity index (χ0) is 11.6. The quantitative estimate of drug-likeness (QED) is 0.735. The van der Waals surface area contributed by atoms with Crippen LogP contribution in [0.1, 0.15) is 34.6 Å². The fourth-order valence-electron chi connectivity index (χ4n) is 1.15. The summed E-state index contributed by atoms with van der Waals surface area (Å²) in [6.07, 6.45) is 0. The smallest absolute Gasteiger partial charge is 0.335 e. The zero-order valence-electron chi connectivity index (χ0n) is 8.52. The van der Waals surface area contributed by atoms with Crippen LogP contribution >= 0.6 is 0 Å². The fraction of sp³-hybridized carbons (Fsp3) is 0.273. The lowest BCUT2D eigenvalue weighted by atomic mass is 9.96. The van der Waals surface area contributed by atoms with Gasteiger partial charge in [-0.25, -0.2) is 4.79 Å². The van der Waals surface area contributed by atoms with Crippen LogP contribution in [-0.2, 0) is 0 Å². The first kappa shape index (κ1) is 11.4. The number of carboxylic acids is 1. The predicted octanol–water partition coefficient (Wildman–Crippen LogP) is 1.34. The minimum Gasteiger partial charge on any atom is -0.478 e. The second kappa shape index (κ2) is 3.82. The molecule has 0 unspecified atom stereocenters. The number of Topliss-reactive ketones (excluding diaryl/α,β-unsaturated/α-hetero) is 1. The average molecular weight is 208 g/mol. The van der Waals surface area contributed by atoms with Gasteiger partial charge < -0.3 is 10.2 Å². The normalized spacial score (nSPS) is 11.1. The summed E-state index contributed by atoms with van der Waals surface area (Å²) in [5.41, 5.74) is -1.26. The van der Waals surface area contributed by atoms with E-state index in [4.69, 9.17) is 5.11 Å². The maximum Gasteiger partial charge on any atom is 0.335 e. The Balaban J connectivity index is 3.12. The van der Waals surface area contributed by atoms with Gasteiger partial charge in [0.15, 0.2) is 5.78 Å². The molecule has 4 nitrogen and oxygen atoms in total. The highest BCUT2D eigenvalue weighted by Gasteiger charge is 2.25. The van der Waals surface area contributed by atoms with E-state index in [2.05, 4.69) is 0 Å². The Kier molecular flexibility index (Phi) is 2.90. The summed E-state index contributed by atoms with van der Waals surface area (Å²) in [5, 5.41) is 18.2. The first-order valence-electron chi connectivity index (χ1n) is 4.43. The molecule has 1 rings (SSSR count). The minimum absolute atomic E-state index is 0.0325. The molecule has 0 atom stereocenters. The molecule has 0 amide bonds. The molecule has 0 saturated carbocycles. The third-order valence-corrected chi connectivity index (χ3v) is 1.93. The molecule has 0 bridgehead atoms. The maximum atomic E-state index is 11.6. The molecule has 15 heavy (non-hydrogen) atoms. The van der Waals surface area contributed by atoms with Crippen LogP contribution < -0.4 is 0 Å². The van der Waals surface area contributed by atoms with Gasteiger partial charge in [-0.1, -0.05) is 12.1 Å². The Labute approximate surface area is 87.2 Å². The Morgan fingerprint density at radius 2 is 1.73 bits per heavy atom. The summed E-state index contributed by atoms with van der Waals surface area (Å²) >= 11 is 0. The van der Waals surface area contributed by atoms with Crippen molar-refractivity contribution in [3.05, 3.63) is 35.4 Å². The zero-order valence-corrected chi connectivity index (χ0v) is 8.52. The van der Waals surface area contributed by atoms with Gasteiger partial charge in [0.1, 0.15) is 5.60 Å². The summed E-state index contributed by atoms with van der Waals surface area (Å²) in [7, 11) is 0. The van der Waals surface area contributed by atoms with Crippen LogP contribution in [0.25, 0.3) is 0 Å². The molecule has 4 heteroatoms. The molecule has 0 aliphatic rings. The highest BCUT2D eigenvalue weighted by Crippen LogP contribution is 2.14. The number of hydrogen-bond donors (Lipinski definition) is 2. The van der Waals surface area contributed by atoms with E-state index in [-0.39, 0.29) is 11.1 Å². The first-order chi connectivity index (χ1) is 6.82. The Bertz CT molecular complexity index is 401. The van der Waals surface area contributed by atoms with Gasteiger partial charge in [0.05, 0.1) is 5.56 Å². The molecular formula is C11H12O4. The first-order valence-corrected chi connectivity index (χ1v) is 4.43. The molecule has 0 fully saturated rings. The third kappa shape index (κ3) is 2.63. The Morgan fingerprint density at radius 3 is 2.20 bits per heavy atom. The summed E-state index contributed by atoms with van der Waals surface area (Å²) in [5.74, 6) is -1.59. The van der Waals surface area contributed by atoms with Crippen molar-refractivity contribution in [2.75, 3.05) is 0 Å². The topological polar surface area (TPSA) is 74.6 Å². The van der Waals surface area contributed by atoms with Gasteiger partial charge in [-0.05, 0) is 26.0 Å². The van der Waals surface area contributed by atoms with E-state index in [1.54, 1.807) is 0 Å². The van der Waals surface area contributed by atoms with Gasteiger partial charge in [0.25, 0.3) is 0 Å². The monoisotopic (exact) mass is 208 g/mol. The fourth-order valence-corrected chi connectivity index (χ4v) is 1.15. The number of hydrogen-bond acceptors (Lipinski definition) is 3. The van der Waals surface area contributed by atoms with E-state index in [0.29, 0.717) is 0 Å². The van der Waals surface area contributed by atoms with E-state index in [1.807, 2.05) is 0 Å². The standard InChI is InChI=1S/C11H12O4/c1-11(2,15)9(12)7-4-3-5-8(6-7)10(13)14/h3-6,15H,1-2H3,(H,13,14). The molecule has 1 aromatic carbocycles. The van der Waals surface area contributed by atoms with Crippen molar-refractivity contribution in [3.63, 3.8) is 0 Å². The Morgan fingerprint density at radius 1 is 1.20 bits per heavy atom. The van der Waals surface area contributed by atoms with E-state index in [1.165, 1.54) is 38.1 Å². The van der Waals surface area contributed by atoms with Crippen molar-refractivity contribution in [1.82, 2.24) is 0 Å². The molecule has 0 aromatic heterocycles. The number of benzene rings is 1. The second-order valence-electron chi connectivity index (χ2n) is 3.77. The van der Waals surface area contributed by atoms with E-state index in [9.17, 15) is 14.7 Å². The van der Waals surface area contributed by atoms with Crippen molar-refractivity contribution in [3.8, 4) is 0 Å². The number of carboxylic acid groups (broad SMARTS) is 1. The molecule has 0 aliphatic heterocycles. The maximum absolute atomic E-state index is 11.6. The second-order valence-corrected chi connectivity index (χ2v) is 3.77. The van der Waals surface area contributed by atoms with Crippen LogP contribution in [0.15, 0.2) is 24.3 Å². The highest BCUT2D eigenvalue weighted by atomic mass is 16.4.